The lowest BCUT2D eigenvalue weighted by Gasteiger charge is -2.21. The van der Waals surface area contributed by atoms with Crippen molar-refractivity contribution in [2.45, 2.75) is 6.92 Å². The highest BCUT2D eigenvalue weighted by molar-refractivity contribution is 5.73. The summed E-state index contributed by atoms with van der Waals surface area (Å²) in [4.78, 5) is 13.1. The maximum atomic E-state index is 14.5. The summed E-state index contributed by atoms with van der Waals surface area (Å²) in [5.74, 6) is -0.761. The lowest BCUT2D eigenvalue weighted by atomic mass is 10.0. The SMILES string of the molecule is CCOC(=O)COc1cccc(N(C)c2cc(-c3cccc(F)c3)ccc2F)c1. The van der Waals surface area contributed by atoms with E-state index in [1.54, 1.807) is 67.4 Å². The van der Waals surface area contributed by atoms with Gasteiger partial charge in [-0.3, -0.25) is 0 Å². The number of anilines is 2. The van der Waals surface area contributed by atoms with Crippen LogP contribution in [0.25, 0.3) is 11.1 Å². The van der Waals surface area contributed by atoms with E-state index in [0.29, 0.717) is 28.3 Å². The zero-order chi connectivity index (χ0) is 20.8. The van der Waals surface area contributed by atoms with Crippen molar-refractivity contribution in [3.05, 3.63) is 78.4 Å². The molecule has 0 saturated carbocycles. The molecule has 0 spiro atoms. The molecule has 0 fully saturated rings. The Hall–Kier alpha value is -3.41. The number of carbonyl (C=O) groups excluding carboxylic acids is 1. The van der Waals surface area contributed by atoms with E-state index < -0.39 is 11.8 Å². The Morgan fingerprint density at radius 2 is 1.72 bits per heavy atom. The van der Waals surface area contributed by atoms with E-state index in [2.05, 4.69) is 0 Å². The summed E-state index contributed by atoms with van der Waals surface area (Å²) < 4.78 is 38.4. The van der Waals surface area contributed by atoms with Crippen LogP contribution in [0, 0.1) is 11.6 Å². The number of benzene rings is 3. The first-order valence-electron chi connectivity index (χ1n) is 9.15. The third kappa shape index (κ3) is 5.10. The van der Waals surface area contributed by atoms with Crippen molar-refractivity contribution in [1.29, 1.82) is 0 Å². The number of esters is 1. The summed E-state index contributed by atoms with van der Waals surface area (Å²) in [5.41, 5.74) is 2.35. The topological polar surface area (TPSA) is 38.8 Å². The molecule has 3 aromatic carbocycles. The van der Waals surface area contributed by atoms with Gasteiger partial charge in [0, 0.05) is 18.8 Å². The Morgan fingerprint density at radius 3 is 2.48 bits per heavy atom. The van der Waals surface area contributed by atoms with Gasteiger partial charge in [0.1, 0.15) is 17.4 Å². The molecule has 4 nitrogen and oxygen atoms in total. The van der Waals surface area contributed by atoms with Crippen LogP contribution in [0.2, 0.25) is 0 Å². The number of nitrogens with zero attached hydrogens (tertiary/aromatic N) is 1. The average Bonchev–Trinajstić information content (AvgIpc) is 2.72. The first kappa shape index (κ1) is 20.3. The Labute approximate surface area is 168 Å². The number of ether oxygens (including phenoxy) is 2. The predicted molar refractivity (Wildman–Crippen MR) is 108 cm³/mol. The predicted octanol–water partition coefficient (Wildman–Crippen LogP) is 5.34. The highest BCUT2D eigenvalue weighted by Gasteiger charge is 2.13. The van der Waals surface area contributed by atoms with Crippen LogP contribution < -0.4 is 9.64 Å². The monoisotopic (exact) mass is 397 g/mol. The van der Waals surface area contributed by atoms with Crippen molar-refractivity contribution in [1.82, 2.24) is 0 Å². The Morgan fingerprint density at radius 1 is 0.966 bits per heavy atom. The van der Waals surface area contributed by atoms with Gasteiger partial charge in [-0.25, -0.2) is 13.6 Å². The van der Waals surface area contributed by atoms with Crippen molar-refractivity contribution in [3.8, 4) is 16.9 Å². The Balaban J connectivity index is 1.84. The Kier molecular flexibility index (Phi) is 6.44. The smallest absolute Gasteiger partial charge is 0.344 e. The van der Waals surface area contributed by atoms with Crippen LogP contribution in [0.15, 0.2) is 66.7 Å². The molecule has 0 unspecified atom stereocenters. The second-order valence-electron chi connectivity index (χ2n) is 6.33. The van der Waals surface area contributed by atoms with Gasteiger partial charge in [0.25, 0.3) is 0 Å². The third-order valence-corrected chi connectivity index (χ3v) is 4.33. The second-order valence-corrected chi connectivity index (χ2v) is 6.33. The van der Waals surface area contributed by atoms with Crippen molar-refractivity contribution >= 4 is 17.3 Å². The average molecular weight is 397 g/mol. The molecule has 0 radical (unpaired) electrons. The molecule has 0 saturated heterocycles. The number of hydrogen-bond donors (Lipinski definition) is 0. The zero-order valence-corrected chi connectivity index (χ0v) is 16.2. The summed E-state index contributed by atoms with van der Waals surface area (Å²) in [6.07, 6.45) is 0. The summed E-state index contributed by atoms with van der Waals surface area (Å²) in [7, 11) is 1.72. The van der Waals surface area contributed by atoms with Gasteiger partial charge in [0.15, 0.2) is 6.61 Å². The van der Waals surface area contributed by atoms with Crippen LogP contribution in [0.1, 0.15) is 6.92 Å². The van der Waals surface area contributed by atoms with E-state index in [1.807, 2.05) is 0 Å². The first-order valence-corrected chi connectivity index (χ1v) is 9.15. The standard InChI is InChI=1S/C23H21F2NO3/c1-3-28-23(27)15-29-20-9-5-8-19(14-20)26(2)22-13-17(10-11-21(22)25)16-6-4-7-18(24)12-16/h4-14H,3,15H2,1-2H3. The minimum atomic E-state index is -0.458. The van der Waals surface area contributed by atoms with Crippen LogP contribution in [-0.2, 0) is 9.53 Å². The van der Waals surface area contributed by atoms with E-state index >= 15 is 0 Å². The molecular formula is C23H21F2NO3. The molecule has 150 valence electrons. The summed E-state index contributed by atoms with van der Waals surface area (Å²) in [5, 5.41) is 0. The normalized spacial score (nSPS) is 10.5. The fourth-order valence-electron chi connectivity index (χ4n) is 2.88. The van der Waals surface area contributed by atoms with Gasteiger partial charge in [-0.15, -0.1) is 0 Å². The second kappa shape index (κ2) is 9.19. The molecular weight excluding hydrogens is 376 g/mol. The van der Waals surface area contributed by atoms with Crippen LogP contribution >= 0.6 is 0 Å². The van der Waals surface area contributed by atoms with E-state index in [4.69, 9.17) is 9.47 Å². The molecule has 29 heavy (non-hydrogen) atoms. The molecule has 0 aliphatic heterocycles. The number of rotatable bonds is 7. The van der Waals surface area contributed by atoms with Gasteiger partial charge in [-0.05, 0) is 54.4 Å². The molecule has 0 aromatic heterocycles. The maximum absolute atomic E-state index is 14.5. The lowest BCUT2D eigenvalue weighted by molar-refractivity contribution is -0.145. The zero-order valence-electron chi connectivity index (χ0n) is 16.2. The van der Waals surface area contributed by atoms with Gasteiger partial charge in [0.2, 0.25) is 0 Å². The molecule has 0 aliphatic carbocycles. The van der Waals surface area contributed by atoms with Gasteiger partial charge < -0.3 is 14.4 Å². The summed E-state index contributed by atoms with van der Waals surface area (Å²) >= 11 is 0. The highest BCUT2D eigenvalue weighted by atomic mass is 19.1. The van der Waals surface area contributed by atoms with Gasteiger partial charge in [-0.2, -0.15) is 0 Å². The molecule has 6 heteroatoms. The van der Waals surface area contributed by atoms with E-state index in [-0.39, 0.29) is 19.0 Å². The molecule has 0 N–H and O–H groups in total. The van der Waals surface area contributed by atoms with Crippen LogP contribution in [0.5, 0.6) is 5.75 Å². The largest absolute Gasteiger partial charge is 0.482 e. The maximum Gasteiger partial charge on any atom is 0.344 e. The third-order valence-electron chi connectivity index (χ3n) is 4.33. The van der Waals surface area contributed by atoms with E-state index in [9.17, 15) is 13.6 Å². The van der Waals surface area contributed by atoms with Gasteiger partial charge in [-0.1, -0.05) is 24.3 Å². The van der Waals surface area contributed by atoms with Crippen molar-refractivity contribution < 1.29 is 23.0 Å². The molecule has 0 heterocycles. The highest BCUT2D eigenvalue weighted by Crippen LogP contribution is 2.32. The molecule has 3 rings (SSSR count). The summed E-state index contributed by atoms with van der Waals surface area (Å²) in [6.45, 7) is 1.80. The number of halogens is 2. The first-order chi connectivity index (χ1) is 14.0. The van der Waals surface area contributed by atoms with Gasteiger partial charge in [0.05, 0.1) is 12.3 Å². The fourth-order valence-corrected chi connectivity index (χ4v) is 2.88. The van der Waals surface area contributed by atoms with E-state index in [1.165, 1.54) is 18.2 Å². The van der Waals surface area contributed by atoms with Crippen LogP contribution in [0.3, 0.4) is 0 Å². The molecule has 3 aromatic rings. The molecule has 0 amide bonds. The Bertz CT molecular complexity index is 1010. The van der Waals surface area contributed by atoms with Crippen molar-refractivity contribution in [3.63, 3.8) is 0 Å². The van der Waals surface area contributed by atoms with E-state index in [0.717, 1.165) is 0 Å². The van der Waals surface area contributed by atoms with Crippen LogP contribution in [0.4, 0.5) is 20.2 Å². The molecule has 0 atom stereocenters. The van der Waals surface area contributed by atoms with Crippen LogP contribution in [-0.4, -0.2) is 26.2 Å². The number of carbonyl (C=O) groups is 1. The fraction of sp³-hybridized carbons (Fsp3) is 0.174. The van der Waals surface area contributed by atoms with Crippen molar-refractivity contribution in [2.75, 3.05) is 25.2 Å². The molecule has 0 bridgehead atoms. The summed E-state index contributed by atoms with van der Waals surface area (Å²) in [6, 6.07) is 17.7. The molecule has 0 aliphatic rings. The quantitative estimate of drug-likeness (QED) is 0.505. The van der Waals surface area contributed by atoms with Gasteiger partial charge >= 0.3 is 5.97 Å². The van der Waals surface area contributed by atoms with Crippen molar-refractivity contribution in [2.24, 2.45) is 0 Å². The number of hydrogen-bond acceptors (Lipinski definition) is 4. The minimum Gasteiger partial charge on any atom is -0.482 e. The lowest BCUT2D eigenvalue weighted by Crippen LogP contribution is -2.15. The minimum absolute atomic E-state index is 0.204.